The normalized spacial score (nSPS) is 13.3. The molecule has 0 spiro atoms. The Labute approximate surface area is 122 Å². The Balaban J connectivity index is 2.26. The van der Waals surface area contributed by atoms with Crippen LogP contribution in [0.1, 0.15) is 30.2 Å². The third-order valence-electron chi connectivity index (χ3n) is 2.89. The van der Waals surface area contributed by atoms with E-state index >= 15 is 0 Å². The molecule has 3 N–H and O–H groups in total. The number of nitrogens with zero attached hydrogens (tertiary/aromatic N) is 1. The predicted molar refractivity (Wildman–Crippen MR) is 74.3 cm³/mol. The minimum absolute atomic E-state index is 0.0560. The summed E-state index contributed by atoms with van der Waals surface area (Å²) in [6, 6.07) is 2.84. The number of nitrogens with two attached hydrogens (primary N) is 1. The molecule has 6 nitrogen and oxygen atoms in total. The molecule has 0 aliphatic rings. The van der Waals surface area contributed by atoms with Crippen molar-refractivity contribution in [3.8, 4) is 0 Å². The largest absolute Gasteiger partial charge is 0.444 e. The molecule has 1 aromatic heterocycles. The Morgan fingerprint density at radius 1 is 1.48 bits per heavy atom. The molecule has 0 amide bonds. The highest BCUT2D eigenvalue weighted by atomic mass is 32.2. The van der Waals surface area contributed by atoms with Crippen molar-refractivity contribution in [3.63, 3.8) is 0 Å². The lowest BCUT2D eigenvalue weighted by atomic mass is 10.2. The Hall–Kier alpha value is -1.77. The first-order valence-electron chi connectivity index (χ1n) is 6.26. The van der Waals surface area contributed by atoms with E-state index in [1.807, 2.05) is 0 Å². The molecule has 0 aliphatic carbocycles. The first-order chi connectivity index (χ1) is 9.83. The van der Waals surface area contributed by atoms with Crippen molar-refractivity contribution in [1.82, 2.24) is 9.71 Å². The summed E-state index contributed by atoms with van der Waals surface area (Å²) in [6.07, 6.45) is 1.50. The zero-order chi connectivity index (χ0) is 15.6. The third-order valence-corrected chi connectivity index (χ3v) is 4.43. The van der Waals surface area contributed by atoms with E-state index in [0.717, 1.165) is 6.07 Å². The van der Waals surface area contributed by atoms with E-state index in [2.05, 4.69) is 9.71 Å². The van der Waals surface area contributed by atoms with Gasteiger partial charge in [0.25, 0.3) is 0 Å². The van der Waals surface area contributed by atoms with E-state index in [1.165, 1.54) is 18.3 Å². The van der Waals surface area contributed by atoms with Gasteiger partial charge in [0.15, 0.2) is 0 Å². The summed E-state index contributed by atoms with van der Waals surface area (Å²) in [4.78, 5) is 3.91. The van der Waals surface area contributed by atoms with Gasteiger partial charge in [-0.25, -0.2) is 17.8 Å². The van der Waals surface area contributed by atoms with Gasteiger partial charge in [-0.3, -0.25) is 0 Å². The van der Waals surface area contributed by atoms with E-state index in [-0.39, 0.29) is 22.9 Å². The number of halogens is 1. The Bertz CT molecular complexity index is 743. The maximum Gasteiger partial charge on any atom is 0.241 e. The number of nitrogens with one attached hydrogen (secondary N) is 1. The topological polar surface area (TPSA) is 98.2 Å². The summed E-state index contributed by atoms with van der Waals surface area (Å²) in [7, 11) is -3.82. The van der Waals surface area contributed by atoms with Crippen LogP contribution in [0.4, 0.5) is 4.39 Å². The monoisotopic (exact) mass is 313 g/mol. The average Bonchev–Trinajstić information content (AvgIpc) is 2.85. The van der Waals surface area contributed by atoms with Crippen LogP contribution in [0.15, 0.2) is 33.7 Å². The second-order valence-electron chi connectivity index (χ2n) is 4.61. The number of rotatable bonds is 5. The summed E-state index contributed by atoms with van der Waals surface area (Å²) in [6.45, 7) is 3.24. The van der Waals surface area contributed by atoms with Crippen LogP contribution >= 0.6 is 0 Å². The van der Waals surface area contributed by atoms with E-state index < -0.39 is 21.9 Å². The molecule has 114 valence electrons. The SMILES string of the molecule is Cc1cnc(C(C)NS(=O)(=O)c2ccc(F)c(CN)c2)o1. The second kappa shape index (κ2) is 5.92. The Morgan fingerprint density at radius 2 is 2.19 bits per heavy atom. The van der Waals surface area contributed by atoms with Crippen molar-refractivity contribution < 1.29 is 17.2 Å². The van der Waals surface area contributed by atoms with E-state index in [0.29, 0.717) is 5.76 Å². The van der Waals surface area contributed by atoms with Gasteiger partial charge < -0.3 is 10.2 Å². The van der Waals surface area contributed by atoms with Gasteiger partial charge in [0.2, 0.25) is 15.9 Å². The van der Waals surface area contributed by atoms with Crippen LogP contribution in [0.3, 0.4) is 0 Å². The first kappa shape index (κ1) is 15.6. The summed E-state index contributed by atoms with van der Waals surface area (Å²) in [5, 5.41) is 0. The summed E-state index contributed by atoms with van der Waals surface area (Å²) in [5.41, 5.74) is 5.51. The van der Waals surface area contributed by atoms with Crippen molar-refractivity contribution in [3.05, 3.63) is 47.4 Å². The van der Waals surface area contributed by atoms with Gasteiger partial charge in [-0.15, -0.1) is 0 Å². The second-order valence-corrected chi connectivity index (χ2v) is 6.32. The standard InChI is InChI=1S/C13H16FN3O3S/c1-8-7-16-13(20-8)9(2)17-21(18,19)11-3-4-12(14)10(5-11)6-15/h3-5,7,9,17H,6,15H2,1-2H3. The predicted octanol–water partition coefficient (Wildman–Crippen LogP) is 1.62. The zero-order valence-electron chi connectivity index (χ0n) is 11.6. The number of benzene rings is 1. The molecule has 1 aromatic carbocycles. The third kappa shape index (κ3) is 3.46. The van der Waals surface area contributed by atoms with Crippen molar-refractivity contribution in [2.45, 2.75) is 31.3 Å². The van der Waals surface area contributed by atoms with Crippen LogP contribution in [-0.4, -0.2) is 13.4 Å². The first-order valence-corrected chi connectivity index (χ1v) is 7.75. The Morgan fingerprint density at radius 3 is 2.76 bits per heavy atom. The molecule has 1 unspecified atom stereocenters. The highest BCUT2D eigenvalue weighted by Gasteiger charge is 2.22. The minimum atomic E-state index is -3.82. The van der Waals surface area contributed by atoms with Gasteiger partial charge >= 0.3 is 0 Å². The van der Waals surface area contributed by atoms with Crippen LogP contribution in [0, 0.1) is 12.7 Å². The lowest BCUT2D eigenvalue weighted by molar-refractivity contribution is 0.427. The number of aromatic nitrogens is 1. The zero-order valence-corrected chi connectivity index (χ0v) is 12.4. The van der Waals surface area contributed by atoms with Gasteiger partial charge in [-0.05, 0) is 32.0 Å². The van der Waals surface area contributed by atoms with Crippen molar-refractivity contribution in [2.24, 2.45) is 5.73 Å². The summed E-state index contributed by atoms with van der Waals surface area (Å²) >= 11 is 0. The number of hydrogen-bond donors (Lipinski definition) is 2. The molecule has 0 saturated carbocycles. The summed E-state index contributed by atoms with van der Waals surface area (Å²) < 4.78 is 45.6. The average molecular weight is 313 g/mol. The highest BCUT2D eigenvalue weighted by Crippen LogP contribution is 2.19. The van der Waals surface area contributed by atoms with Crippen LogP contribution in [-0.2, 0) is 16.6 Å². The molecule has 21 heavy (non-hydrogen) atoms. The van der Waals surface area contributed by atoms with E-state index in [1.54, 1.807) is 13.8 Å². The molecular formula is C13H16FN3O3S. The molecule has 0 radical (unpaired) electrons. The lowest BCUT2D eigenvalue weighted by Crippen LogP contribution is -2.27. The number of aryl methyl sites for hydroxylation is 1. The van der Waals surface area contributed by atoms with Crippen LogP contribution in [0.5, 0.6) is 0 Å². The smallest absolute Gasteiger partial charge is 0.241 e. The van der Waals surface area contributed by atoms with Crippen LogP contribution in [0.25, 0.3) is 0 Å². The summed E-state index contributed by atoms with van der Waals surface area (Å²) in [5.74, 6) is 0.313. The van der Waals surface area contributed by atoms with Crippen molar-refractivity contribution in [1.29, 1.82) is 0 Å². The molecule has 0 aliphatic heterocycles. The number of hydrogen-bond acceptors (Lipinski definition) is 5. The van der Waals surface area contributed by atoms with Gasteiger partial charge in [-0.2, -0.15) is 4.72 Å². The van der Waals surface area contributed by atoms with Gasteiger partial charge in [0.1, 0.15) is 11.6 Å². The molecule has 0 bridgehead atoms. The molecule has 2 aromatic rings. The molecule has 1 atom stereocenters. The van der Waals surface area contributed by atoms with Crippen molar-refractivity contribution >= 4 is 10.0 Å². The molecule has 1 heterocycles. The lowest BCUT2D eigenvalue weighted by Gasteiger charge is -2.12. The maximum atomic E-state index is 13.4. The van der Waals surface area contributed by atoms with Crippen LogP contribution < -0.4 is 10.5 Å². The van der Waals surface area contributed by atoms with Crippen LogP contribution in [0.2, 0.25) is 0 Å². The fraction of sp³-hybridized carbons (Fsp3) is 0.308. The fourth-order valence-electron chi connectivity index (χ4n) is 1.80. The van der Waals surface area contributed by atoms with E-state index in [4.69, 9.17) is 10.2 Å². The number of oxazole rings is 1. The number of sulfonamides is 1. The quantitative estimate of drug-likeness (QED) is 0.874. The van der Waals surface area contributed by atoms with E-state index in [9.17, 15) is 12.8 Å². The molecular weight excluding hydrogens is 297 g/mol. The van der Waals surface area contributed by atoms with Gasteiger partial charge in [-0.1, -0.05) is 0 Å². The molecule has 8 heteroatoms. The minimum Gasteiger partial charge on any atom is -0.444 e. The van der Waals surface area contributed by atoms with Crippen molar-refractivity contribution in [2.75, 3.05) is 0 Å². The Kier molecular flexibility index (Phi) is 4.40. The molecule has 0 saturated heterocycles. The van der Waals surface area contributed by atoms with Gasteiger partial charge in [0.05, 0.1) is 17.1 Å². The van der Waals surface area contributed by atoms with Gasteiger partial charge in [0, 0.05) is 12.1 Å². The highest BCUT2D eigenvalue weighted by molar-refractivity contribution is 7.89. The molecule has 2 rings (SSSR count). The maximum absolute atomic E-state index is 13.4. The fourth-order valence-corrected chi connectivity index (χ4v) is 3.05. The molecule has 0 fully saturated rings.